The van der Waals surface area contributed by atoms with E-state index in [0.29, 0.717) is 13.0 Å². The summed E-state index contributed by atoms with van der Waals surface area (Å²) in [5.74, 6) is 1.69. The molecule has 0 bridgehead atoms. The van der Waals surface area contributed by atoms with E-state index in [4.69, 9.17) is 4.74 Å². The Morgan fingerprint density at radius 2 is 1.32 bits per heavy atom. The molecule has 0 atom stereocenters. The monoisotopic (exact) mass is 514 g/mol. The SMILES string of the molecule is C=CCOC(=O)CCC.CC.CCC(C)C.CCc1ccc(OC(C)(C)C)cc1.CCc1ccccc1. The number of benzene rings is 2. The van der Waals surface area contributed by atoms with Crippen LogP contribution >= 0.6 is 0 Å². The van der Waals surface area contributed by atoms with E-state index in [1.165, 1.54) is 17.5 Å². The molecule has 0 saturated heterocycles. The number of hydrogen-bond acceptors (Lipinski definition) is 3. The second-order valence-corrected chi connectivity index (χ2v) is 9.57. The molecule has 3 heteroatoms. The molecule has 0 unspecified atom stereocenters. The van der Waals surface area contributed by atoms with Gasteiger partial charge in [-0.05, 0) is 69.2 Å². The van der Waals surface area contributed by atoms with Crippen LogP contribution < -0.4 is 4.74 Å². The van der Waals surface area contributed by atoms with Gasteiger partial charge < -0.3 is 9.47 Å². The smallest absolute Gasteiger partial charge is 0.306 e. The fraction of sp³-hybridized carbons (Fsp3) is 0.559. The van der Waals surface area contributed by atoms with E-state index in [9.17, 15) is 4.79 Å². The standard InChI is InChI=1S/C12H18O.C8H10.C7H12O2.C5H12.C2H6/c1-5-10-6-8-11(9-7-10)13-12(2,3)4;1-2-8-6-4-3-5-7-8;1-3-5-7(8)9-6-4-2;1-4-5(2)3;1-2/h6-9H,5H2,1-4H3;3-7H,2H2,1H3;4H,2-3,5-6H2,1H3;5H,4H2,1-3H3;1-2H3. The van der Waals surface area contributed by atoms with Crippen molar-refractivity contribution in [2.75, 3.05) is 6.61 Å². The zero-order valence-electron chi connectivity index (χ0n) is 26.0. The molecular weight excluding hydrogens is 456 g/mol. The highest BCUT2D eigenvalue weighted by Crippen LogP contribution is 2.18. The van der Waals surface area contributed by atoms with Crippen LogP contribution in [0.1, 0.15) is 107 Å². The van der Waals surface area contributed by atoms with Crippen LogP contribution in [0.2, 0.25) is 0 Å². The average Bonchev–Trinajstić information content (AvgIpc) is 2.90. The predicted octanol–water partition coefficient (Wildman–Crippen LogP) is 10.3. The zero-order chi connectivity index (χ0) is 29.1. The van der Waals surface area contributed by atoms with Gasteiger partial charge in [-0.1, -0.05) is 117 Å². The topological polar surface area (TPSA) is 35.5 Å². The van der Waals surface area contributed by atoms with E-state index >= 15 is 0 Å². The van der Waals surface area contributed by atoms with Crippen LogP contribution in [0.15, 0.2) is 67.3 Å². The number of hydrogen-bond donors (Lipinski definition) is 0. The van der Waals surface area contributed by atoms with E-state index in [-0.39, 0.29) is 11.6 Å². The molecule has 0 amide bonds. The highest BCUT2D eigenvalue weighted by molar-refractivity contribution is 5.69. The summed E-state index contributed by atoms with van der Waals surface area (Å²) in [4.78, 5) is 10.5. The fourth-order valence-corrected chi connectivity index (χ4v) is 2.29. The van der Waals surface area contributed by atoms with Crippen LogP contribution in [0.4, 0.5) is 0 Å². The molecular formula is C34H58O3. The first-order valence-electron chi connectivity index (χ1n) is 14.1. The molecule has 0 fully saturated rings. The molecule has 0 aromatic heterocycles. The third-order valence-corrected chi connectivity index (χ3v) is 4.64. The van der Waals surface area contributed by atoms with Crippen molar-refractivity contribution in [1.29, 1.82) is 0 Å². The molecule has 0 spiro atoms. The van der Waals surface area contributed by atoms with Crippen LogP contribution in [0.25, 0.3) is 0 Å². The van der Waals surface area contributed by atoms with Gasteiger partial charge in [-0.2, -0.15) is 0 Å². The predicted molar refractivity (Wildman–Crippen MR) is 165 cm³/mol. The Labute approximate surface area is 230 Å². The van der Waals surface area contributed by atoms with Crippen LogP contribution in [-0.4, -0.2) is 18.2 Å². The van der Waals surface area contributed by atoms with Crippen molar-refractivity contribution in [2.24, 2.45) is 5.92 Å². The van der Waals surface area contributed by atoms with Crippen molar-refractivity contribution >= 4 is 5.97 Å². The first-order chi connectivity index (χ1) is 17.5. The van der Waals surface area contributed by atoms with Gasteiger partial charge in [-0.3, -0.25) is 4.79 Å². The van der Waals surface area contributed by atoms with Gasteiger partial charge in [0.2, 0.25) is 0 Å². The molecule has 0 radical (unpaired) electrons. The highest BCUT2D eigenvalue weighted by atomic mass is 16.5. The van der Waals surface area contributed by atoms with Crippen molar-refractivity contribution in [1.82, 2.24) is 0 Å². The molecule has 0 saturated carbocycles. The second-order valence-electron chi connectivity index (χ2n) is 9.57. The molecule has 212 valence electrons. The van der Waals surface area contributed by atoms with E-state index in [1.54, 1.807) is 6.08 Å². The quantitative estimate of drug-likeness (QED) is 0.259. The molecule has 2 rings (SSSR count). The fourth-order valence-electron chi connectivity index (χ4n) is 2.29. The van der Waals surface area contributed by atoms with Crippen LogP contribution in [0.3, 0.4) is 0 Å². The van der Waals surface area contributed by atoms with Gasteiger partial charge in [-0.15, -0.1) is 0 Å². The lowest BCUT2D eigenvalue weighted by molar-refractivity contribution is -0.142. The molecule has 0 aliphatic heterocycles. The minimum Gasteiger partial charge on any atom is -0.488 e. The van der Waals surface area contributed by atoms with E-state index < -0.39 is 0 Å². The molecule has 0 N–H and O–H groups in total. The third-order valence-electron chi connectivity index (χ3n) is 4.64. The Kier molecular flexibility index (Phi) is 27.9. The van der Waals surface area contributed by atoms with Gasteiger partial charge in [0.25, 0.3) is 0 Å². The maximum Gasteiger partial charge on any atom is 0.306 e. The van der Waals surface area contributed by atoms with Gasteiger partial charge in [0, 0.05) is 6.42 Å². The Hall–Kier alpha value is -2.55. The average molecular weight is 515 g/mol. The van der Waals surface area contributed by atoms with E-state index in [2.05, 4.69) is 103 Å². The number of ether oxygens (including phenoxy) is 2. The summed E-state index contributed by atoms with van der Waals surface area (Å²) in [5.41, 5.74) is 2.65. The number of esters is 1. The molecule has 0 heterocycles. The number of carbonyl (C=O) groups excluding carboxylic acids is 1. The van der Waals surface area contributed by atoms with Crippen LogP contribution in [0.5, 0.6) is 5.75 Å². The molecule has 3 nitrogen and oxygen atoms in total. The molecule has 37 heavy (non-hydrogen) atoms. The van der Waals surface area contributed by atoms with Gasteiger partial charge in [0.1, 0.15) is 18.0 Å². The Morgan fingerprint density at radius 3 is 1.65 bits per heavy atom. The number of rotatable bonds is 8. The third kappa shape index (κ3) is 29.6. The Bertz CT molecular complexity index is 741. The molecule has 0 aliphatic carbocycles. The highest BCUT2D eigenvalue weighted by Gasteiger charge is 2.10. The lowest BCUT2D eigenvalue weighted by Crippen LogP contribution is -2.22. The van der Waals surface area contributed by atoms with E-state index in [0.717, 1.165) is 30.9 Å². The first kappa shape index (κ1) is 39.0. The normalized spacial score (nSPS) is 9.51. The molecule has 2 aromatic rings. The number of carbonyl (C=O) groups is 1. The van der Waals surface area contributed by atoms with Crippen molar-refractivity contribution < 1.29 is 14.3 Å². The summed E-state index contributed by atoms with van der Waals surface area (Å²) in [6.07, 6.45) is 6.44. The van der Waals surface area contributed by atoms with Gasteiger partial charge in [0.05, 0.1) is 0 Å². The summed E-state index contributed by atoms with van der Waals surface area (Å²) in [6, 6.07) is 18.7. The minimum absolute atomic E-state index is 0.103. The maximum atomic E-state index is 10.5. The largest absolute Gasteiger partial charge is 0.488 e. The van der Waals surface area contributed by atoms with E-state index in [1.807, 2.05) is 39.0 Å². The lowest BCUT2D eigenvalue weighted by Gasteiger charge is -2.21. The van der Waals surface area contributed by atoms with Gasteiger partial charge in [-0.25, -0.2) is 0 Å². The number of aryl methyl sites for hydroxylation is 2. The van der Waals surface area contributed by atoms with Crippen molar-refractivity contribution in [3.05, 3.63) is 78.4 Å². The summed E-state index contributed by atoms with van der Waals surface area (Å²) >= 11 is 0. The summed E-state index contributed by atoms with van der Waals surface area (Å²) < 4.78 is 10.4. The van der Waals surface area contributed by atoms with Gasteiger partial charge >= 0.3 is 5.97 Å². The first-order valence-corrected chi connectivity index (χ1v) is 14.1. The van der Waals surface area contributed by atoms with Crippen molar-refractivity contribution in [3.63, 3.8) is 0 Å². The van der Waals surface area contributed by atoms with Crippen molar-refractivity contribution in [3.8, 4) is 5.75 Å². The van der Waals surface area contributed by atoms with Crippen LogP contribution in [-0.2, 0) is 22.4 Å². The maximum absolute atomic E-state index is 10.5. The molecule has 0 aliphatic rings. The Morgan fingerprint density at radius 1 is 0.865 bits per heavy atom. The summed E-state index contributed by atoms with van der Waals surface area (Å²) in [5, 5.41) is 0. The van der Waals surface area contributed by atoms with Crippen molar-refractivity contribution in [2.45, 2.75) is 114 Å². The Balaban J connectivity index is -0.000000427. The summed E-state index contributed by atoms with van der Waals surface area (Å²) in [6.45, 7) is 26.8. The molecule has 2 aromatic carbocycles. The lowest BCUT2D eigenvalue weighted by atomic mass is 10.1. The van der Waals surface area contributed by atoms with Crippen LogP contribution in [0, 0.1) is 5.92 Å². The minimum atomic E-state index is -0.141. The zero-order valence-corrected chi connectivity index (χ0v) is 26.0. The summed E-state index contributed by atoms with van der Waals surface area (Å²) in [7, 11) is 0. The van der Waals surface area contributed by atoms with Gasteiger partial charge in [0.15, 0.2) is 0 Å². The second kappa shape index (κ2) is 26.5.